The molecular weight excluding hydrogens is 242 g/mol. The van der Waals surface area contributed by atoms with Gasteiger partial charge in [-0.15, -0.1) is 0 Å². The Morgan fingerprint density at radius 3 is 2.71 bits per heavy atom. The molecule has 0 spiro atoms. The van der Waals surface area contributed by atoms with Gasteiger partial charge < -0.3 is 10.4 Å². The number of hydrogen-bond acceptors (Lipinski definition) is 4. The second kappa shape index (κ2) is 6.35. The van der Waals surface area contributed by atoms with Gasteiger partial charge in [-0.1, -0.05) is 13.3 Å². The molecule has 0 heterocycles. The first kappa shape index (κ1) is 14.4. The second-order valence-electron chi connectivity index (χ2n) is 4.59. The van der Waals surface area contributed by atoms with E-state index in [0.29, 0.717) is 13.0 Å². The maximum atomic E-state index is 11.3. The Balaban J connectivity index is 2.30. The Labute approximate surface area is 103 Å². The van der Waals surface area contributed by atoms with Crippen molar-refractivity contribution in [2.45, 2.75) is 38.6 Å². The molecule has 6 heteroatoms. The van der Waals surface area contributed by atoms with Crippen LogP contribution in [0.4, 0.5) is 0 Å². The third kappa shape index (κ3) is 5.04. The largest absolute Gasteiger partial charge is 0.481 e. The average molecular weight is 263 g/mol. The summed E-state index contributed by atoms with van der Waals surface area (Å²) >= 11 is 0. The highest BCUT2D eigenvalue weighted by Crippen LogP contribution is 2.24. The fourth-order valence-electron chi connectivity index (χ4n) is 2.16. The SMILES string of the molecule is CCS(=O)(=O)CCNC1CCCC(C(=O)O)C1. The van der Waals surface area contributed by atoms with E-state index < -0.39 is 15.8 Å². The number of rotatable bonds is 6. The van der Waals surface area contributed by atoms with Gasteiger partial charge >= 0.3 is 5.97 Å². The molecule has 0 amide bonds. The van der Waals surface area contributed by atoms with Crippen LogP contribution < -0.4 is 5.32 Å². The lowest BCUT2D eigenvalue weighted by Gasteiger charge is -2.27. The van der Waals surface area contributed by atoms with Crippen molar-refractivity contribution < 1.29 is 18.3 Å². The molecule has 0 aliphatic heterocycles. The number of nitrogens with one attached hydrogen (secondary N) is 1. The molecule has 5 nitrogen and oxygen atoms in total. The molecule has 0 radical (unpaired) electrons. The Kier molecular flexibility index (Phi) is 5.39. The lowest BCUT2D eigenvalue weighted by Crippen LogP contribution is -2.38. The normalized spacial score (nSPS) is 25.7. The highest BCUT2D eigenvalue weighted by atomic mass is 32.2. The molecule has 0 bridgehead atoms. The van der Waals surface area contributed by atoms with E-state index in [1.807, 2.05) is 0 Å². The van der Waals surface area contributed by atoms with E-state index in [1.54, 1.807) is 6.92 Å². The summed E-state index contributed by atoms with van der Waals surface area (Å²) in [4.78, 5) is 10.9. The van der Waals surface area contributed by atoms with Crippen LogP contribution in [0, 0.1) is 5.92 Å². The third-order valence-electron chi connectivity index (χ3n) is 3.31. The van der Waals surface area contributed by atoms with Gasteiger partial charge in [0.2, 0.25) is 0 Å². The predicted molar refractivity (Wildman–Crippen MR) is 65.7 cm³/mol. The van der Waals surface area contributed by atoms with E-state index in [4.69, 9.17) is 5.11 Å². The molecule has 100 valence electrons. The van der Waals surface area contributed by atoms with Gasteiger partial charge in [0.05, 0.1) is 11.7 Å². The molecule has 2 atom stereocenters. The molecule has 1 aliphatic carbocycles. The summed E-state index contributed by atoms with van der Waals surface area (Å²) in [6.45, 7) is 2.06. The third-order valence-corrected chi connectivity index (χ3v) is 5.02. The maximum absolute atomic E-state index is 11.3. The molecule has 1 rings (SSSR count). The molecule has 0 saturated heterocycles. The number of aliphatic carboxylic acids is 1. The molecular formula is C11H21NO4S. The molecule has 0 aromatic rings. The highest BCUT2D eigenvalue weighted by molar-refractivity contribution is 7.91. The van der Waals surface area contributed by atoms with Crippen molar-refractivity contribution in [3.05, 3.63) is 0 Å². The molecule has 2 N–H and O–H groups in total. The van der Waals surface area contributed by atoms with Crippen LogP contribution in [0.3, 0.4) is 0 Å². The number of hydrogen-bond donors (Lipinski definition) is 2. The number of carbonyl (C=O) groups is 1. The standard InChI is InChI=1S/C11H21NO4S/c1-2-17(15,16)7-6-12-10-5-3-4-9(8-10)11(13)14/h9-10,12H,2-8H2,1H3,(H,13,14). The number of carboxylic acid groups (broad SMARTS) is 1. The second-order valence-corrected chi connectivity index (χ2v) is 7.06. The van der Waals surface area contributed by atoms with E-state index in [-0.39, 0.29) is 23.5 Å². The topological polar surface area (TPSA) is 83.5 Å². The first-order chi connectivity index (χ1) is 7.94. The van der Waals surface area contributed by atoms with Crippen LogP contribution in [0.15, 0.2) is 0 Å². The van der Waals surface area contributed by atoms with Crippen LogP contribution in [0.1, 0.15) is 32.6 Å². The van der Waals surface area contributed by atoms with Gasteiger partial charge in [-0.25, -0.2) is 8.42 Å². The summed E-state index contributed by atoms with van der Waals surface area (Å²) < 4.78 is 22.6. The highest BCUT2D eigenvalue weighted by Gasteiger charge is 2.26. The van der Waals surface area contributed by atoms with Crippen LogP contribution in [0.2, 0.25) is 0 Å². The van der Waals surface area contributed by atoms with Crippen molar-refractivity contribution in [2.24, 2.45) is 5.92 Å². The van der Waals surface area contributed by atoms with Crippen molar-refractivity contribution in [2.75, 3.05) is 18.1 Å². The van der Waals surface area contributed by atoms with Crippen molar-refractivity contribution in [3.8, 4) is 0 Å². The minimum atomic E-state index is -2.93. The Hall–Kier alpha value is -0.620. The van der Waals surface area contributed by atoms with Crippen LogP contribution >= 0.6 is 0 Å². The van der Waals surface area contributed by atoms with Crippen molar-refractivity contribution >= 4 is 15.8 Å². The zero-order valence-electron chi connectivity index (χ0n) is 10.2. The van der Waals surface area contributed by atoms with E-state index in [0.717, 1.165) is 19.3 Å². The molecule has 0 aromatic carbocycles. The minimum absolute atomic E-state index is 0.137. The van der Waals surface area contributed by atoms with Gasteiger partial charge in [-0.3, -0.25) is 4.79 Å². The summed E-state index contributed by atoms with van der Waals surface area (Å²) in [5, 5.41) is 12.1. The molecule has 1 fully saturated rings. The van der Waals surface area contributed by atoms with E-state index in [9.17, 15) is 13.2 Å². The summed E-state index contributed by atoms with van der Waals surface area (Å²) in [6.07, 6.45) is 3.19. The average Bonchev–Trinajstić information content (AvgIpc) is 2.29. The Morgan fingerprint density at radius 2 is 2.12 bits per heavy atom. The van der Waals surface area contributed by atoms with Gasteiger partial charge in [-0.2, -0.15) is 0 Å². The summed E-state index contributed by atoms with van der Waals surface area (Å²) in [6, 6.07) is 0.150. The van der Waals surface area contributed by atoms with Crippen LogP contribution in [-0.2, 0) is 14.6 Å². The lowest BCUT2D eigenvalue weighted by molar-refractivity contribution is -0.143. The first-order valence-electron chi connectivity index (χ1n) is 6.11. The van der Waals surface area contributed by atoms with Gasteiger partial charge in [0, 0.05) is 18.3 Å². The van der Waals surface area contributed by atoms with E-state index in [1.165, 1.54) is 0 Å². The van der Waals surface area contributed by atoms with Gasteiger partial charge in [-0.05, 0) is 19.3 Å². The van der Waals surface area contributed by atoms with Crippen LogP contribution in [0.5, 0.6) is 0 Å². The fraction of sp³-hybridized carbons (Fsp3) is 0.909. The molecule has 0 aromatic heterocycles. The summed E-state index contributed by atoms with van der Waals surface area (Å²) in [5.74, 6) is -0.712. The molecule has 1 aliphatic rings. The first-order valence-corrected chi connectivity index (χ1v) is 7.93. The smallest absolute Gasteiger partial charge is 0.306 e. The summed E-state index contributed by atoms with van der Waals surface area (Å²) in [5.41, 5.74) is 0. The van der Waals surface area contributed by atoms with Crippen molar-refractivity contribution in [1.29, 1.82) is 0 Å². The molecule has 2 unspecified atom stereocenters. The van der Waals surface area contributed by atoms with E-state index >= 15 is 0 Å². The van der Waals surface area contributed by atoms with Crippen molar-refractivity contribution in [1.82, 2.24) is 5.32 Å². The predicted octanol–water partition coefficient (Wildman–Crippen LogP) is 0.654. The van der Waals surface area contributed by atoms with Crippen LogP contribution in [0.25, 0.3) is 0 Å². The lowest BCUT2D eigenvalue weighted by atomic mass is 9.86. The van der Waals surface area contributed by atoms with Gasteiger partial charge in [0.25, 0.3) is 0 Å². The fourth-order valence-corrected chi connectivity index (χ4v) is 2.88. The van der Waals surface area contributed by atoms with Gasteiger partial charge in [0.15, 0.2) is 9.84 Å². The molecule has 17 heavy (non-hydrogen) atoms. The summed E-state index contributed by atoms with van der Waals surface area (Å²) in [7, 11) is -2.93. The zero-order valence-corrected chi connectivity index (χ0v) is 11.0. The van der Waals surface area contributed by atoms with Crippen molar-refractivity contribution in [3.63, 3.8) is 0 Å². The van der Waals surface area contributed by atoms with Crippen LogP contribution in [-0.4, -0.2) is 43.6 Å². The Morgan fingerprint density at radius 1 is 1.41 bits per heavy atom. The maximum Gasteiger partial charge on any atom is 0.306 e. The quantitative estimate of drug-likeness (QED) is 0.735. The number of sulfone groups is 1. The monoisotopic (exact) mass is 263 g/mol. The molecule has 1 saturated carbocycles. The number of carboxylic acids is 1. The Bertz CT molecular complexity index is 352. The zero-order chi connectivity index (χ0) is 12.9. The van der Waals surface area contributed by atoms with Gasteiger partial charge in [0.1, 0.15) is 0 Å². The minimum Gasteiger partial charge on any atom is -0.481 e. The van der Waals surface area contributed by atoms with E-state index in [2.05, 4.69) is 5.32 Å².